The second-order valence-corrected chi connectivity index (χ2v) is 6.26. The average Bonchev–Trinajstić information content (AvgIpc) is 3.14. The maximum absolute atomic E-state index is 12.7. The Labute approximate surface area is 147 Å². The van der Waals surface area contributed by atoms with E-state index in [1.165, 1.54) is 4.90 Å². The molecule has 3 rings (SSSR count). The van der Waals surface area contributed by atoms with Gasteiger partial charge in [-0.15, -0.1) is 0 Å². The Morgan fingerprint density at radius 3 is 2.48 bits per heavy atom. The van der Waals surface area contributed by atoms with E-state index in [1.54, 1.807) is 13.4 Å². The maximum Gasteiger partial charge on any atom is 0.255 e. The van der Waals surface area contributed by atoms with Crippen LogP contribution in [0.5, 0.6) is 5.75 Å². The van der Waals surface area contributed by atoms with Crippen molar-refractivity contribution in [3.05, 3.63) is 66.1 Å². The van der Waals surface area contributed by atoms with Crippen LogP contribution in [-0.4, -0.2) is 33.7 Å². The Kier molecular flexibility index (Phi) is 5.05. The van der Waals surface area contributed by atoms with Gasteiger partial charge in [0.25, 0.3) is 5.91 Å². The highest BCUT2D eigenvalue weighted by Gasteiger charge is 2.22. The van der Waals surface area contributed by atoms with Crippen molar-refractivity contribution < 1.29 is 18.8 Å². The van der Waals surface area contributed by atoms with Gasteiger partial charge in [-0.1, -0.05) is 24.3 Å². The van der Waals surface area contributed by atoms with Crippen molar-refractivity contribution in [2.24, 2.45) is 0 Å². The third-order valence-electron chi connectivity index (χ3n) is 4.36. The van der Waals surface area contributed by atoms with E-state index in [2.05, 4.69) is 5.32 Å². The van der Waals surface area contributed by atoms with Crippen molar-refractivity contribution in [1.82, 2.24) is 5.32 Å². The molecule has 1 amide bonds. The zero-order valence-corrected chi connectivity index (χ0v) is 14.7. The van der Waals surface area contributed by atoms with E-state index in [0.29, 0.717) is 17.9 Å². The largest absolute Gasteiger partial charge is 0.496 e. The van der Waals surface area contributed by atoms with Crippen molar-refractivity contribution in [1.29, 1.82) is 0 Å². The number of benzene rings is 2. The number of rotatable bonds is 6. The highest BCUT2D eigenvalue weighted by atomic mass is 16.5. The van der Waals surface area contributed by atoms with E-state index >= 15 is 0 Å². The molecule has 25 heavy (non-hydrogen) atoms. The van der Waals surface area contributed by atoms with Gasteiger partial charge < -0.3 is 19.4 Å². The number of methoxy groups -OCH3 is 1. The maximum atomic E-state index is 12.7. The van der Waals surface area contributed by atoms with Crippen LogP contribution in [0.3, 0.4) is 0 Å². The number of ether oxygens (including phenoxy) is 1. The first kappa shape index (κ1) is 17.0. The number of quaternary nitrogens is 1. The number of carbonyl (C=O) groups excluding carboxylic acids is 1. The quantitative estimate of drug-likeness (QED) is 0.723. The molecule has 2 N–H and O–H groups in total. The number of fused-ring (bicyclic) bond motifs is 1. The van der Waals surface area contributed by atoms with Gasteiger partial charge in [-0.2, -0.15) is 0 Å². The predicted molar refractivity (Wildman–Crippen MR) is 97.1 cm³/mol. The Hall–Kier alpha value is -2.79. The summed E-state index contributed by atoms with van der Waals surface area (Å²) in [6.07, 6.45) is 1.65. The Balaban J connectivity index is 1.82. The van der Waals surface area contributed by atoms with Gasteiger partial charge in [0.2, 0.25) is 0 Å². The molecule has 130 valence electrons. The summed E-state index contributed by atoms with van der Waals surface area (Å²) in [5, 5.41) is 5.06. The van der Waals surface area contributed by atoms with Crippen molar-refractivity contribution in [2.45, 2.75) is 6.04 Å². The molecule has 0 aliphatic carbocycles. The van der Waals surface area contributed by atoms with Crippen LogP contribution >= 0.6 is 0 Å². The molecule has 0 radical (unpaired) electrons. The third-order valence-corrected chi connectivity index (χ3v) is 4.36. The highest BCUT2D eigenvalue weighted by molar-refractivity contribution is 6.01. The van der Waals surface area contributed by atoms with Gasteiger partial charge in [0, 0.05) is 0 Å². The zero-order chi connectivity index (χ0) is 17.8. The molecule has 0 aliphatic heterocycles. The molecule has 0 spiro atoms. The van der Waals surface area contributed by atoms with Gasteiger partial charge in [0.1, 0.15) is 5.75 Å². The van der Waals surface area contributed by atoms with Crippen LogP contribution in [0, 0.1) is 0 Å². The van der Waals surface area contributed by atoms with Crippen LogP contribution in [0.1, 0.15) is 22.2 Å². The van der Waals surface area contributed by atoms with E-state index in [1.807, 2.05) is 62.6 Å². The van der Waals surface area contributed by atoms with Crippen LogP contribution in [0.2, 0.25) is 0 Å². The summed E-state index contributed by atoms with van der Waals surface area (Å²) in [5.41, 5.74) is 0.535. The summed E-state index contributed by atoms with van der Waals surface area (Å²) in [4.78, 5) is 13.9. The lowest BCUT2D eigenvalue weighted by Crippen LogP contribution is -3.07. The van der Waals surface area contributed by atoms with Gasteiger partial charge in [-0.05, 0) is 35.0 Å². The lowest BCUT2D eigenvalue weighted by molar-refractivity contribution is -0.891. The standard InChI is InChI=1S/C20H22N2O3/c1-22(2)17(18-9-6-10-25-18)13-21-20(23)16-11-14-7-4-5-8-15(14)12-19(16)24-3/h4-12,17H,13H2,1-3H3,(H,21,23)/p+1/t17-/m1/s1. The highest BCUT2D eigenvalue weighted by Crippen LogP contribution is 2.26. The normalized spacial score (nSPS) is 12.3. The molecular formula is C20H23N2O3+. The summed E-state index contributed by atoms with van der Waals surface area (Å²) in [6.45, 7) is 0.477. The van der Waals surface area contributed by atoms with Crippen LogP contribution < -0.4 is 15.0 Å². The van der Waals surface area contributed by atoms with E-state index in [-0.39, 0.29) is 11.9 Å². The number of hydrogen-bond donors (Lipinski definition) is 2. The molecule has 0 bridgehead atoms. The first-order valence-electron chi connectivity index (χ1n) is 8.28. The molecule has 3 aromatic rings. The summed E-state index contributed by atoms with van der Waals surface area (Å²) in [5.74, 6) is 1.27. The minimum absolute atomic E-state index is 0.0467. The Bertz CT molecular complexity index is 857. The minimum Gasteiger partial charge on any atom is -0.496 e. The first-order chi connectivity index (χ1) is 12.1. The van der Waals surface area contributed by atoms with Crippen molar-refractivity contribution in [3.8, 4) is 5.75 Å². The van der Waals surface area contributed by atoms with Crippen LogP contribution in [0.25, 0.3) is 10.8 Å². The smallest absolute Gasteiger partial charge is 0.255 e. The fraction of sp³-hybridized carbons (Fsp3) is 0.250. The van der Waals surface area contributed by atoms with Gasteiger partial charge >= 0.3 is 0 Å². The van der Waals surface area contributed by atoms with Crippen molar-refractivity contribution >= 4 is 16.7 Å². The number of furan rings is 1. The number of likely N-dealkylation sites (N-methyl/N-ethyl adjacent to an activating group) is 1. The molecule has 5 nitrogen and oxygen atoms in total. The molecule has 0 saturated heterocycles. The third kappa shape index (κ3) is 3.67. The lowest BCUT2D eigenvalue weighted by Gasteiger charge is -2.20. The monoisotopic (exact) mass is 339 g/mol. The van der Waals surface area contributed by atoms with E-state index in [9.17, 15) is 4.79 Å². The molecule has 1 atom stereocenters. The SMILES string of the molecule is COc1cc2ccccc2cc1C(=O)NC[C@H](c1ccco1)[NH+](C)C. The fourth-order valence-corrected chi connectivity index (χ4v) is 2.93. The number of nitrogens with one attached hydrogen (secondary N) is 2. The molecule has 2 aromatic carbocycles. The van der Waals surface area contributed by atoms with Gasteiger partial charge in [-0.3, -0.25) is 4.79 Å². The van der Waals surface area contributed by atoms with Crippen molar-refractivity contribution in [3.63, 3.8) is 0 Å². The summed E-state index contributed by atoms with van der Waals surface area (Å²) >= 11 is 0. The number of hydrogen-bond acceptors (Lipinski definition) is 3. The topological polar surface area (TPSA) is 55.9 Å². The van der Waals surface area contributed by atoms with Crippen LogP contribution in [-0.2, 0) is 0 Å². The number of amides is 1. The van der Waals surface area contributed by atoms with Gasteiger partial charge in [0.15, 0.2) is 11.8 Å². The Morgan fingerprint density at radius 1 is 1.16 bits per heavy atom. The molecule has 0 fully saturated rings. The lowest BCUT2D eigenvalue weighted by atomic mass is 10.1. The predicted octanol–water partition coefficient (Wildman–Crippen LogP) is 2.06. The van der Waals surface area contributed by atoms with Gasteiger partial charge in [-0.25, -0.2) is 0 Å². The summed E-state index contributed by atoms with van der Waals surface area (Å²) in [7, 11) is 5.66. The Morgan fingerprint density at radius 2 is 1.88 bits per heavy atom. The molecule has 0 saturated carbocycles. The first-order valence-corrected chi connectivity index (χ1v) is 8.28. The fourth-order valence-electron chi connectivity index (χ4n) is 2.93. The van der Waals surface area contributed by atoms with E-state index in [4.69, 9.17) is 9.15 Å². The molecule has 0 aliphatic rings. The minimum atomic E-state index is -0.152. The van der Waals surface area contributed by atoms with Gasteiger partial charge in [0.05, 0.1) is 39.6 Å². The average molecular weight is 339 g/mol. The number of carbonyl (C=O) groups is 1. The second kappa shape index (κ2) is 7.40. The molecule has 1 aromatic heterocycles. The zero-order valence-electron chi connectivity index (χ0n) is 14.7. The van der Waals surface area contributed by atoms with Crippen LogP contribution in [0.4, 0.5) is 0 Å². The summed E-state index contributed by atoms with van der Waals surface area (Å²) in [6, 6.07) is 15.5. The second-order valence-electron chi connectivity index (χ2n) is 6.26. The van der Waals surface area contributed by atoms with Crippen molar-refractivity contribution in [2.75, 3.05) is 27.7 Å². The van der Waals surface area contributed by atoms with E-state index < -0.39 is 0 Å². The molecule has 5 heteroatoms. The molecule has 1 heterocycles. The molecule has 0 unspecified atom stereocenters. The molecular weight excluding hydrogens is 316 g/mol. The van der Waals surface area contributed by atoms with E-state index in [0.717, 1.165) is 16.5 Å². The summed E-state index contributed by atoms with van der Waals surface area (Å²) < 4.78 is 10.9. The van der Waals surface area contributed by atoms with Crippen LogP contribution in [0.15, 0.2) is 59.2 Å².